The van der Waals surface area contributed by atoms with Crippen LogP contribution in [0.2, 0.25) is 0 Å². The Morgan fingerprint density at radius 1 is 1.13 bits per heavy atom. The minimum Gasteiger partial charge on any atom is -0.297 e. The molecule has 120 valence electrons. The highest BCUT2D eigenvalue weighted by Crippen LogP contribution is 2.27. The lowest BCUT2D eigenvalue weighted by Crippen LogP contribution is -2.33. The van der Waals surface area contributed by atoms with Gasteiger partial charge in [-0.1, -0.05) is 5.21 Å². The van der Waals surface area contributed by atoms with Gasteiger partial charge in [-0.2, -0.15) is 9.61 Å². The average Bonchev–Trinajstić information content (AvgIpc) is 3.14. The van der Waals surface area contributed by atoms with Crippen molar-refractivity contribution in [1.29, 1.82) is 0 Å². The summed E-state index contributed by atoms with van der Waals surface area (Å²) < 4.78 is 3.65. The summed E-state index contributed by atoms with van der Waals surface area (Å²) in [6.45, 7) is 4.91. The molecule has 4 heterocycles. The van der Waals surface area contributed by atoms with E-state index in [1.165, 1.54) is 0 Å². The van der Waals surface area contributed by atoms with Crippen molar-refractivity contribution in [3.8, 4) is 0 Å². The van der Waals surface area contributed by atoms with Gasteiger partial charge >= 0.3 is 0 Å². The molecule has 0 N–H and O–H groups in total. The first-order valence-corrected chi connectivity index (χ1v) is 7.95. The van der Waals surface area contributed by atoms with E-state index in [0.29, 0.717) is 5.92 Å². The molecule has 0 aromatic carbocycles. The van der Waals surface area contributed by atoms with Crippen molar-refractivity contribution in [3.05, 3.63) is 35.5 Å². The molecule has 0 aliphatic carbocycles. The molecule has 8 nitrogen and oxygen atoms in total. The minimum absolute atomic E-state index is 0.414. The van der Waals surface area contributed by atoms with Crippen molar-refractivity contribution < 1.29 is 0 Å². The lowest BCUT2D eigenvalue weighted by Gasteiger charge is -2.30. The highest BCUT2D eigenvalue weighted by Gasteiger charge is 2.25. The van der Waals surface area contributed by atoms with E-state index in [1.54, 1.807) is 4.68 Å². The fourth-order valence-corrected chi connectivity index (χ4v) is 3.20. The van der Waals surface area contributed by atoms with Gasteiger partial charge in [-0.15, -0.1) is 15.3 Å². The third-order valence-electron chi connectivity index (χ3n) is 4.41. The van der Waals surface area contributed by atoms with Crippen LogP contribution in [0.25, 0.3) is 5.65 Å². The van der Waals surface area contributed by atoms with Crippen molar-refractivity contribution in [1.82, 2.24) is 39.7 Å². The number of rotatable bonds is 3. The topological polar surface area (TPSA) is 77.0 Å². The molecule has 1 fully saturated rings. The molecule has 0 spiro atoms. The Hall–Kier alpha value is -2.35. The molecule has 4 rings (SSSR count). The van der Waals surface area contributed by atoms with Gasteiger partial charge in [0.15, 0.2) is 11.5 Å². The predicted molar refractivity (Wildman–Crippen MR) is 83.8 cm³/mol. The fourth-order valence-electron chi connectivity index (χ4n) is 3.20. The van der Waals surface area contributed by atoms with Crippen LogP contribution in [0.5, 0.6) is 0 Å². The Morgan fingerprint density at radius 3 is 2.70 bits per heavy atom. The maximum absolute atomic E-state index is 4.56. The lowest BCUT2D eigenvalue weighted by molar-refractivity contribution is 0.198. The van der Waals surface area contributed by atoms with Crippen LogP contribution in [0.15, 0.2) is 18.3 Å². The molecule has 0 bridgehead atoms. The second-order valence-corrected chi connectivity index (χ2v) is 6.24. The predicted octanol–water partition coefficient (Wildman–Crippen LogP) is 0.941. The monoisotopic (exact) mass is 312 g/mol. The summed E-state index contributed by atoms with van der Waals surface area (Å²) in [5.41, 5.74) is 2.84. The molecule has 1 saturated heterocycles. The Morgan fingerprint density at radius 2 is 1.96 bits per heavy atom. The van der Waals surface area contributed by atoms with Crippen LogP contribution in [0, 0.1) is 6.92 Å². The van der Waals surface area contributed by atoms with Crippen molar-refractivity contribution in [2.45, 2.75) is 32.2 Å². The Bertz CT molecular complexity index is 812. The van der Waals surface area contributed by atoms with Crippen LogP contribution in [-0.2, 0) is 13.6 Å². The van der Waals surface area contributed by atoms with Crippen LogP contribution >= 0.6 is 0 Å². The van der Waals surface area contributed by atoms with Gasteiger partial charge in [0.2, 0.25) is 0 Å². The van der Waals surface area contributed by atoms with E-state index in [-0.39, 0.29) is 0 Å². The van der Waals surface area contributed by atoms with E-state index in [1.807, 2.05) is 36.8 Å². The molecular formula is C15H20N8. The molecule has 0 radical (unpaired) electrons. The number of likely N-dealkylation sites (tertiary alicyclic amines) is 1. The summed E-state index contributed by atoms with van der Waals surface area (Å²) in [6.07, 6.45) is 4.11. The van der Waals surface area contributed by atoms with Crippen LogP contribution in [0.4, 0.5) is 0 Å². The summed E-state index contributed by atoms with van der Waals surface area (Å²) >= 11 is 0. The second kappa shape index (κ2) is 5.69. The third kappa shape index (κ3) is 2.81. The van der Waals surface area contributed by atoms with E-state index >= 15 is 0 Å². The molecule has 3 aromatic rings. The van der Waals surface area contributed by atoms with E-state index in [0.717, 1.165) is 55.3 Å². The molecule has 0 unspecified atom stereocenters. The molecule has 8 heteroatoms. The fraction of sp³-hybridized carbons (Fsp3) is 0.533. The van der Waals surface area contributed by atoms with E-state index in [4.69, 9.17) is 0 Å². The van der Waals surface area contributed by atoms with E-state index in [9.17, 15) is 0 Å². The smallest absolute Gasteiger partial charge is 0.177 e. The van der Waals surface area contributed by atoms with Gasteiger partial charge in [-0.25, -0.2) is 0 Å². The van der Waals surface area contributed by atoms with Crippen LogP contribution in [0.1, 0.15) is 36.0 Å². The third-order valence-corrected chi connectivity index (χ3v) is 4.41. The molecule has 1 aliphatic rings. The zero-order chi connectivity index (χ0) is 15.8. The first kappa shape index (κ1) is 14.3. The first-order chi connectivity index (χ1) is 11.2. The molecular weight excluding hydrogens is 292 g/mol. The maximum Gasteiger partial charge on any atom is 0.177 e. The number of aryl methyl sites for hydroxylation is 2. The zero-order valence-corrected chi connectivity index (χ0v) is 13.4. The quantitative estimate of drug-likeness (QED) is 0.716. The summed E-state index contributed by atoms with van der Waals surface area (Å²) in [5.74, 6) is 1.40. The van der Waals surface area contributed by atoms with E-state index in [2.05, 4.69) is 30.5 Å². The maximum atomic E-state index is 4.56. The summed E-state index contributed by atoms with van der Waals surface area (Å²) in [5, 5.41) is 21.3. The van der Waals surface area contributed by atoms with Gasteiger partial charge in [-0.05, 0) is 45.0 Å². The highest BCUT2D eigenvalue weighted by molar-refractivity contribution is 5.36. The Kier molecular flexibility index (Phi) is 3.53. The number of hydrogen-bond acceptors (Lipinski definition) is 6. The molecule has 1 aliphatic heterocycles. The van der Waals surface area contributed by atoms with E-state index < -0.39 is 0 Å². The standard InChI is InChI=1S/C15H20N8/c1-11-3-4-14-17-18-15(23(14)19-11)12-5-7-22(8-6-12)10-13-9-21(2)20-16-13/h3-4,9,12H,5-8,10H2,1-2H3. The van der Waals surface area contributed by atoms with Gasteiger partial charge in [0.1, 0.15) is 0 Å². The van der Waals surface area contributed by atoms with Gasteiger partial charge < -0.3 is 0 Å². The number of piperidine rings is 1. The largest absolute Gasteiger partial charge is 0.297 e. The lowest BCUT2D eigenvalue weighted by atomic mass is 9.96. The number of aromatic nitrogens is 7. The van der Waals surface area contributed by atoms with Crippen LogP contribution in [0.3, 0.4) is 0 Å². The number of nitrogens with zero attached hydrogens (tertiary/aromatic N) is 8. The number of fused-ring (bicyclic) bond motifs is 1. The summed E-state index contributed by atoms with van der Waals surface area (Å²) in [7, 11) is 1.90. The second-order valence-electron chi connectivity index (χ2n) is 6.24. The summed E-state index contributed by atoms with van der Waals surface area (Å²) in [6, 6.07) is 3.94. The molecule has 0 amide bonds. The van der Waals surface area contributed by atoms with Crippen molar-refractivity contribution >= 4 is 5.65 Å². The zero-order valence-electron chi connectivity index (χ0n) is 13.4. The van der Waals surface area contributed by atoms with Gasteiger partial charge in [0.25, 0.3) is 0 Å². The molecule has 23 heavy (non-hydrogen) atoms. The SMILES string of the molecule is Cc1ccc2nnc(C3CCN(Cc4cn(C)nn4)CC3)n2n1. The first-order valence-electron chi connectivity index (χ1n) is 7.95. The average molecular weight is 312 g/mol. The van der Waals surface area contributed by atoms with Crippen LogP contribution < -0.4 is 0 Å². The van der Waals surface area contributed by atoms with Gasteiger partial charge in [0.05, 0.1) is 11.4 Å². The van der Waals surface area contributed by atoms with Gasteiger partial charge in [0, 0.05) is 25.7 Å². The molecule has 3 aromatic heterocycles. The summed E-state index contributed by atoms with van der Waals surface area (Å²) in [4.78, 5) is 2.42. The van der Waals surface area contributed by atoms with Crippen molar-refractivity contribution in [2.75, 3.05) is 13.1 Å². The highest BCUT2D eigenvalue weighted by atomic mass is 15.4. The molecule has 0 atom stereocenters. The van der Waals surface area contributed by atoms with Crippen molar-refractivity contribution in [3.63, 3.8) is 0 Å². The molecule has 0 saturated carbocycles. The minimum atomic E-state index is 0.414. The van der Waals surface area contributed by atoms with Gasteiger partial charge in [-0.3, -0.25) is 9.58 Å². The number of hydrogen-bond donors (Lipinski definition) is 0. The normalized spacial score (nSPS) is 17.1. The van der Waals surface area contributed by atoms with Crippen molar-refractivity contribution in [2.24, 2.45) is 7.05 Å². The Labute approximate surface area is 134 Å². The Balaban J connectivity index is 1.45. The van der Waals surface area contributed by atoms with Crippen LogP contribution in [-0.4, -0.2) is 52.8 Å².